The van der Waals surface area contributed by atoms with Crippen molar-refractivity contribution in [3.63, 3.8) is 0 Å². The van der Waals surface area contributed by atoms with Gasteiger partial charge < -0.3 is 4.74 Å². The molecule has 92 valence electrons. The van der Waals surface area contributed by atoms with Crippen LogP contribution in [0.1, 0.15) is 11.1 Å². The number of aliphatic imine (C=N–C) groups is 1. The summed E-state index contributed by atoms with van der Waals surface area (Å²) < 4.78 is 5.11. The summed E-state index contributed by atoms with van der Waals surface area (Å²) in [6.45, 7) is 0.816. The number of benzene rings is 2. The van der Waals surface area contributed by atoms with E-state index >= 15 is 0 Å². The molecule has 0 unspecified atom stereocenters. The molecule has 0 heterocycles. The predicted octanol–water partition coefficient (Wildman–Crippen LogP) is 3.36. The molecule has 18 heavy (non-hydrogen) atoms. The first-order valence-corrected chi connectivity index (χ1v) is 6.06. The van der Waals surface area contributed by atoms with Gasteiger partial charge in [0.2, 0.25) is 0 Å². The van der Waals surface area contributed by atoms with Gasteiger partial charge in [-0.15, -0.1) is 0 Å². The normalized spacial score (nSPS) is 10.7. The van der Waals surface area contributed by atoms with Crippen LogP contribution >= 0.6 is 0 Å². The van der Waals surface area contributed by atoms with Gasteiger partial charge in [-0.25, -0.2) is 0 Å². The lowest BCUT2D eigenvalue weighted by molar-refractivity contribution is 0.415. The maximum Gasteiger partial charge on any atom is 0.118 e. The summed E-state index contributed by atoms with van der Waals surface area (Å²) in [6, 6.07) is 18.3. The van der Waals surface area contributed by atoms with Gasteiger partial charge in [0, 0.05) is 12.8 Å². The van der Waals surface area contributed by atoms with Crippen molar-refractivity contribution in [2.24, 2.45) is 4.99 Å². The Kier molecular flexibility index (Phi) is 4.53. The molecule has 0 spiro atoms. The Morgan fingerprint density at radius 3 is 2.39 bits per heavy atom. The molecular weight excluding hydrogens is 222 g/mol. The Balaban J connectivity index is 1.84. The molecule has 0 aliphatic rings. The van der Waals surface area contributed by atoms with Crippen LogP contribution in [-0.2, 0) is 6.42 Å². The van der Waals surface area contributed by atoms with E-state index in [1.165, 1.54) is 5.56 Å². The maximum absolute atomic E-state index is 5.11. The standard InChI is InChI=1S/C16H17NO/c1-18-16-9-7-15(8-10-16)13-17-12-11-14-5-3-2-4-6-14/h2-10,13H,11-12H2,1H3/b17-13+. The number of ether oxygens (including phenoxy) is 1. The number of rotatable bonds is 5. The molecule has 2 rings (SSSR count). The van der Waals surface area contributed by atoms with E-state index in [9.17, 15) is 0 Å². The van der Waals surface area contributed by atoms with Crippen molar-refractivity contribution >= 4 is 6.21 Å². The molecule has 0 aliphatic carbocycles. The third-order valence-electron chi connectivity index (χ3n) is 2.73. The van der Waals surface area contributed by atoms with Gasteiger partial charge in [0.05, 0.1) is 7.11 Å². The van der Waals surface area contributed by atoms with Crippen LogP contribution in [0.5, 0.6) is 5.75 Å². The highest BCUT2D eigenvalue weighted by Crippen LogP contribution is 2.09. The second kappa shape index (κ2) is 6.60. The Morgan fingerprint density at radius 1 is 1.00 bits per heavy atom. The molecule has 0 radical (unpaired) electrons. The molecule has 0 bridgehead atoms. The van der Waals surface area contributed by atoms with Crippen LogP contribution in [0.25, 0.3) is 0 Å². The van der Waals surface area contributed by atoms with Gasteiger partial charge in [-0.3, -0.25) is 4.99 Å². The minimum absolute atomic E-state index is 0.816. The summed E-state index contributed by atoms with van der Waals surface area (Å²) >= 11 is 0. The fraction of sp³-hybridized carbons (Fsp3) is 0.188. The van der Waals surface area contributed by atoms with Crippen LogP contribution in [0.2, 0.25) is 0 Å². The highest BCUT2D eigenvalue weighted by atomic mass is 16.5. The van der Waals surface area contributed by atoms with Crippen molar-refractivity contribution in [3.8, 4) is 5.75 Å². The number of nitrogens with zero attached hydrogens (tertiary/aromatic N) is 1. The topological polar surface area (TPSA) is 21.6 Å². The monoisotopic (exact) mass is 239 g/mol. The lowest BCUT2D eigenvalue weighted by atomic mass is 10.1. The van der Waals surface area contributed by atoms with Crippen molar-refractivity contribution in [1.29, 1.82) is 0 Å². The highest BCUT2D eigenvalue weighted by Gasteiger charge is 1.91. The van der Waals surface area contributed by atoms with Gasteiger partial charge in [-0.1, -0.05) is 30.3 Å². The lowest BCUT2D eigenvalue weighted by Gasteiger charge is -1.99. The Bertz CT molecular complexity index is 488. The number of methoxy groups -OCH3 is 1. The zero-order valence-electron chi connectivity index (χ0n) is 10.5. The summed E-state index contributed by atoms with van der Waals surface area (Å²) in [5.74, 6) is 0.872. The molecule has 0 fully saturated rings. The first-order valence-electron chi connectivity index (χ1n) is 6.06. The molecule has 2 nitrogen and oxygen atoms in total. The summed E-state index contributed by atoms with van der Waals surface area (Å²) in [6.07, 6.45) is 2.88. The molecule has 0 aliphatic heterocycles. The van der Waals surface area contributed by atoms with E-state index in [0.29, 0.717) is 0 Å². The van der Waals surface area contributed by atoms with Gasteiger partial charge >= 0.3 is 0 Å². The van der Waals surface area contributed by atoms with Crippen molar-refractivity contribution in [1.82, 2.24) is 0 Å². The summed E-state index contributed by atoms with van der Waals surface area (Å²) in [5, 5.41) is 0. The smallest absolute Gasteiger partial charge is 0.118 e. The molecule has 2 aromatic rings. The molecular formula is C16H17NO. The minimum atomic E-state index is 0.816. The second-order valence-electron chi connectivity index (χ2n) is 4.04. The Labute approximate surface area is 108 Å². The van der Waals surface area contributed by atoms with Crippen molar-refractivity contribution in [2.75, 3.05) is 13.7 Å². The molecule has 0 saturated carbocycles. The van der Waals surface area contributed by atoms with E-state index in [-0.39, 0.29) is 0 Å². The van der Waals surface area contributed by atoms with Crippen molar-refractivity contribution in [3.05, 3.63) is 65.7 Å². The van der Waals surface area contributed by atoms with Crippen LogP contribution in [0, 0.1) is 0 Å². The molecule has 2 heteroatoms. The van der Waals surface area contributed by atoms with Gasteiger partial charge in [-0.05, 0) is 41.8 Å². The zero-order chi connectivity index (χ0) is 12.6. The van der Waals surface area contributed by atoms with E-state index in [1.54, 1.807) is 7.11 Å². The number of hydrogen-bond acceptors (Lipinski definition) is 2. The largest absolute Gasteiger partial charge is 0.497 e. The van der Waals surface area contributed by atoms with Gasteiger partial charge in [0.15, 0.2) is 0 Å². The quantitative estimate of drug-likeness (QED) is 0.733. The SMILES string of the molecule is COc1ccc(/C=N/CCc2ccccc2)cc1. The average Bonchev–Trinajstić information content (AvgIpc) is 2.45. The van der Waals surface area contributed by atoms with E-state index in [1.807, 2.05) is 36.5 Å². The Hall–Kier alpha value is -2.09. The predicted molar refractivity (Wildman–Crippen MR) is 75.6 cm³/mol. The van der Waals surface area contributed by atoms with Gasteiger partial charge in [0.25, 0.3) is 0 Å². The lowest BCUT2D eigenvalue weighted by Crippen LogP contribution is -1.90. The van der Waals surface area contributed by atoms with Crippen molar-refractivity contribution < 1.29 is 4.74 Å². The van der Waals surface area contributed by atoms with Gasteiger partial charge in [0.1, 0.15) is 5.75 Å². The van der Waals surface area contributed by atoms with Crippen LogP contribution in [0.4, 0.5) is 0 Å². The fourth-order valence-electron chi connectivity index (χ4n) is 1.70. The fourth-order valence-corrected chi connectivity index (χ4v) is 1.70. The highest BCUT2D eigenvalue weighted by molar-refractivity contribution is 5.79. The van der Waals surface area contributed by atoms with E-state index < -0.39 is 0 Å². The number of hydrogen-bond donors (Lipinski definition) is 0. The molecule has 0 saturated heterocycles. The summed E-state index contributed by atoms with van der Waals surface area (Å²) in [4.78, 5) is 4.43. The molecule has 2 aromatic carbocycles. The molecule has 0 amide bonds. The van der Waals surface area contributed by atoms with E-state index in [4.69, 9.17) is 4.74 Å². The maximum atomic E-state index is 5.11. The Morgan fingerprint density at radius 2 is 1.72 bits per heavy atom. The first kappa shape index (κ1) is 12.4. The van der Waals surface area contributed by atoms with Crippen molar-refractivity contribution in [2.45, 2.75) is 6.42 Å². The van der Waals surface area contributed by atoms with E-state index in [0.717, 1.165) is 24.3 Å². The van der Waals surface area contributed by atoms with Crippen LogP contribution in [-0.4, -0.2) is 19.9 Å². The zero-order valence-corrected chi connectivity index (χ0v) is 10.5. The molecule has 0 atom stereocenters. The van der Waals surface area contributed by atoms with Crippen LogP contribution < -0.4 is 4.74 Å². The third-order valence-corrected chi connectivity index (χ3v) is 2.73. The van der Waals surface area contributed by atoms with Crippen LogP contribution in [0.3, 0.4) is 0 Å². The minimum Gasteiger partial charge on any atom is -0.497 e. The molecule has 0 aromatic heterocycles. The first-order chi connectivity index (χ1) is 8.88. The summed E-state index contributed by atoms with van der Waals surface area (Å²) in [5.41, 5.74) is 2.42. The second-order valence-corrected chi connectivity index (χ2v) is 4.04. The van der Waals surface area contributed by atoms with E-state index in [2.05, 4.69) is 29.3 Å². The summed E-state index contributed by atoms with van der Waals surface area (Å²) in [7, 11) is 1.67. The van der Waals surface area contributed by atoms with Gasteiger partial charge in [-0.2, -0.15) is 0 Å². The van der Waals surface area contributed by atoms with Crippen LogP contribution in [0.15, 0.2) is 59.6 Å². The molecule has 0 N–H and O–H groups in total. The third kappa shape index (κ3) is 3.74. The average molecular weight is 239 g/mol.